The van der Waals surface area contributed by atoms with Crippen molar-refractivity contribution < 1.29 is 22.4 Å². The molecule has 0 saturated carbocycles. The number of ether oxygens (including phenoxy) is 1. The van der Waals surface area contributed by atoms with Crippen LogP contribution in [0.2, 0.25) is 0 Å². The first-order chi connectivity index (χ1) is 11.4. The summed E-state index contributed by atoms with van der Waals surface area (Å²) in [6.07, 6.45) is 1.07. The summed E-state index contributed by atoms with van der Waals surface area (Å²) in [4.78, 5) is 12.9. The largest absolute Gasteiger partial charge is 0.452 e. The van der Waals surface area contributed by atoms with Gasteiger partial charge in [-0.25, -0.2) is 13.2 Å². The topological polar surface area (TPSA) is 99.4 Å². The molecule has 24 heavy (non-hydrogen) atoms. The molecule has 9 heteroatoms. The van der Waals surface area contributed by atoms with E-state index in [1.54, 1.807) is 0 Å². The summed E-state index contributed by atoms with van der Waals surface area (Å²) in [7, 11) is -3.40. The lowest BCUT2D eigenvalue weighted by molar-refractivity contribution is 0.0438. The Labute approximate surface area is 141 Å². The van der Waals surface area contributed by atoms with Gasteiger partial charge in [-0.15, -0.1) is 21.5 Å². The van der Waals surface area contributed by atoms with Crippen LogP contribution >= 0.6 is 11.3 Å². The molecule has 0 bridgehead atoms. The van der Waals surface area contributed by atoms with Gasteiger partial charge in [0.15, 0.2) is 16.4 Å². The van der Waals surface area contributed by atoms with Crippen molar-refractivity contribution in [3.63, 3.8) is 0 Å². The maximum Gasteiger partial charge on any atom is 0.338 e. The second-order valence-electron chi connectivity index (χ2n) is 4.85. The number of aromatic nitrogens is 2. The molecule has 0 aliphatic heterocycles. The molecule has 3 rings (SSSR count). The minimum atomic E-state index is -3.40. The van der Waals surface area contributed by atoms with E-state index < -0.39 is 15.8 Å². The van der Waals surface area contributed by atoms with Gasteiger partial charge in [0.1, 0.15) is 0 Å². The quantitative estimate of drug-likeness (QED) is 0.641. The number of hydrogen-bond acceptors (Lipinski definition) is 8. The Morgan fingerprint density at radius 3 is 2.79 bits per heavy atom. The molecule has 2 aromatic heterocycles. The van der Waals surface area contributed by atoms with Gasteiger partial charge in [0.2, 0.25) is 0 Å². The van der Waals surface area contributed by atoms with Crippen LogP contribution in [0.3, 0.4) is 0 Å². The van der Waals surface area contributed by atoms with Gasteiger partial charge >= 0.3 is 5.97 Å². The molecule has 124 valence electrons. The summed E-state index contributed by atoms with van der Waals surface area (Å²) in [5.41, 5.74) is 0.135. The van der Waals surface area contributed by atoms with Crippen LogP contribution in [0.25, 0.3) is 10.8 Å². The maximum absolute atomic E-state index is 12.0. The molecule has 0 aliphatic carbocycles. The van der Waals surface area contributed by atoms with Gasteiger partial charge in [-0.1, -0.05) is 12.1 Å². The van der Waals surface area contributed by atoms with E-state index in [1.807, 2.05) is 17.5 Å². The minimum absolute atomic E-state index is 0.0507. The van der Waals surface area contributed by atoms with E-state index in [2.05, 4.69) is 10.2 Å². The molecule has 0 N–H and O–H groups in total. The average Bonchev–Trinajstić information content (AvgIpc) is 3.23. The van der Waals surface area contributed by atoms with Crippen LogP contribution < -0.4 is 0 Å². The third kappa shape index (κ3) is 3.69. The van der Waals surface area contributed by atoms with Crippen LogP contribution in [-0.4, -0.2) is 30.8 Å². The standard InChI is InChI=1S/C15H12N2O5S2/c1-24(19,20)11-5-2-4-10(8-11)15(18)21-9-13-16-17-14(22-13)12-6-3-7-23-12/h2-8H,9H2,1H3. The van der Waals surface area contributed by atoms with Crippen LogP contribution in [-0.2, 0) is 21.2 Å². The van der Waals surface area contributed by atoms with E-state index in [4.69, 9.17) is 9.15 Å². The summed E-state index contributed by atoms with van der Waals surface area (Å²) in [6.45, 7) is -0.194. The molecule has 0 aliphatic rings. The Kier molecular flexibility index (Phi) is 4.45. The zero-order chi connectivity index (χ0) is 17.2. The van der Waals surface area contributed by atoms with Crippen molar-refractivity contribution >= 4 is 27.1 Å². The van der Waals surface area contributed by atoms with Crippen LogP contribution in [0.15, 0.2) is 51.1 Å². The lowest BCUT2D eigenvalue weighted by atomic mass is 10.2. The number of carbonyl (C=O) groups excluding carboxylic acids is 1. The van der Waals surface area contributed by atoms with E-state index in [0.29, 0.717) is 5.89 Å². The Morgan fingerprint density at radius 1 is 1.25 bits per heavy atom. The lowest BCUT2D eigenvalue weighted by Gasteiger charge is -2.04. The first kappa shape index (κ1) is 16.3. The summed E-state index contributed by atoms with van der Waals surface area (Å²) in [6, 6.07) is 9.33. The average molecular weight is 364 g/mol. The third-order valence-electron chi connectivity index (χ3n) is 3.02. The molecule has 0 unspecified atom stereocenters. The highest BCUT2D eigenvalue weighted by Crippen LogP contribution is 2.23. The van der Waals surface area contributed by atoms with Crippen molar-refractivity contribution in [3.8, 4) is 10.8 Å². The Morgan fingerprint density at radius 2 is 2.08 bits per heavy atom. The van der Waals surface area contributed by atoms with Crippen molar-refractivity contribution in [2.24, 2.45) is 0 Å². The highest BCUT2D eigenvalue weighted by Gasteiger charge is 2.15. The first-order valence-corrected chi connectivity index (χ1v) is 9.54. The molecule has 1 aromatic carbocycles. The van der Waals surface area contributed by atoms with E-state index in [1.165, 1.54) is 35.6 Å². The van der Waals surface area contributed by atoms with E-state index in [-0.39, 0.29) is 23.0 Å². The van der Waals surface area contributed by atoms with Gasteiger partial charge < -0.3 is 9.15 Å². The SMILES string of the molecule is CS(=O)(=O)c1cccc(C(=O)OCc2nnc(-c3cccs3)o2)c1. The van der Waals surface area contributed by atoms with Gasteiger partial charge in [-0.3, -0.25) is 0 Å². The number of benzene rings is 1. The molecule has 2 heterocycles. The summed E-state index contributed by atoms with van der Waals surface area (Å²) in [5.74, 6) is -0.155. The monoisotopic (exact) mass is 364 g/mol. The summed E-state index contributed by atoms with van der Waals surface area (Å²) in [5, 5.41) is 9.57. The first-order valence-electron chi connectivity index (χ1n) is 6.77. The molecule has 0 spiro atoms. The Bertz CT molecular complexity index is 961. The molecule has 3 aromatic rings. The van der Waals surface area contributed by atoms with Crippen LogP contribution in [0, 0.1) is 0 Å². The smallest absolute Gasteiger partial charge is 0.338 e. The van der Waals surface area contributed by atoms with Crippen molar-refractivity contribution in [1.29, 1.82) is 0 Å². The molecular weight excluding hydrogens is 352 g/mol. The molecule has 0 saturated heterocycles. The van der Waals surface area contributed by atoms with Crippen LogP contribution in [0.1, 0.15) is 16.2 Å². The van der Waals surface area contributed by atoms with Crippen LogP contribution in [0.5, 0.6) is 0 Å². The number of hydrogen-bond donors (Lipinski definition) is 0. The minimum Gasteiger partial charge on any atom is -0.452 e. The predicted octanol–water partition coefficient (Wildman–Crippen LogP) is 2.56. The number of carbonyl (C=O) groups is 1. The molecule has 0 amide bonds. The Hall–Kier alpha value is -2.52. The Balaban J connectivity index is 1.68. The number of esters is 1. The van der Waals surface area contributed by atoms with Gasteiger partial charge in [0.05, 0.1) is 15.3 Å². The summed E-state index contributed by atoms with van der Waals surface area (Å²) < 4.78 is 33.5. The molecule has 0 radical (unpaired) electrons. The number of thiophene rings is 1. The van der Waals surface area contributed by atoms with Gasteiger partial charge in [-0.05, 0) is 29.6 Å². The highest BCUT2D eigenvalue weighted by atomic mass is 32.2. The zero-order valence-corrected chi connectivity index (χ0v) is 14.1. The molecule has 0 atom stereocenters. The van der Waals surface area contributed by atoms with Crippen molar-refractivity contribution in [2.45, 2.75) is 11.5 Å². The fourth-order valence-electron chi connectivity index (χ4n) is 1.88. The number of rotatable bonds is 5. The fraction of sp³-hybridized carbons (Fsp3) is 0.133. The predicted molar refractivity (Wildman–Crippen MR) is 86.3 cm³/mol. The lowest BCUT2D eigenvalue weighted by Crippen LogP contribution is -2.07. The zero-order valence-electron chi connectivity index (χ0n) is 12.5. The number of nitrogens with zero attached hydrogens (tertiary/aromatic N) is 2. The van der Waals surface area contributed by atoms with Gasteiger partial charge in [0, 0.05) is 6.26 Å². The summed E-state index contributed by atoms with van der Waals surface area (Å²) >= 11 is 1.45. The second-order valence-corrected chi connectivity index (χ2v) is 7.82. The maximum atomic E-state index is 12.0. The van der Waals surface area contributed by atoms with Crippen LogP contribution in [0.4, 0.5) is 0 Å². The highest BCUT2D eigenvalue weighted by molar-refractivity contribution is 7.90. The fourth-order valence-corrected chi connectivity index (χ4v) is 3.19. The second kappa shape index (κ2) is 6.54. The van der Waals surface area contributed by atoms with E-state index >= 15 is 0 Å². The molecule has 7 nitrogen and oxygen atoms in total. The number of sulfone groups is 1. The van der Waals surface area contributed by atoms with E-state index in [9.17, 15) is 13.2 Å². The molecular formula is C15H12N2O5S2. The normalized spacial score (nSPS) is 11.4. The molecule has 0 fully saturated rings. The van der Waals surface area contributed by atoms with Gasteiger partial charge in [-0.2, -0.15) is 0 Å². The van der Waals surface area contributed by atoms with Crippen molar-refractivity contribution in [2.75, 3.05) is 6.26 Å². The van der Waals surface area contributed by atoms with Gasteiger partial charge in [0.25, 0.3) is 11.8 Å². The third-order valence-corrected chi connectivity index (χ3v) is 4.99. The van der Waals surface area contributed by atoms with E-state index in [0.717, 1.165) is 11.1 Å². The van der Waals surface area contributed by atoms with Crippen molar-refractivity contribution in [1.82, 2.24) is 10.2 Å². The van der Waals surface area contributed by atoms with Crippen molar-refractivity contribution in [3.05, 3.63) is 53.2 Å².